The van der Waals surface area contributed by atoms with Crippen LogP contribution >= 0.6 is 11.8 Å². The second-order valence-corrected chi connectivity index (χ2v) is 4.32. The summed E-state index contributed by atoms with van der Waals surface area (Å²) in [7, 11) is 0. The summed E-state index contributed by atoms with van der Waals surface area (Å²) in [6.07, 6.45) is 1.14. The second-order valence-electron chi connectivity index (χ2n) is 3.15. The number of benzene rings is 1. The average molecular weight is 209 g/mol. The third-order valence-electron chi connectivity index (χ3n) is 1.88. The van der Waals surface area contributed by atoms with Crippen molar-refractivity contribution in [3.63, 3.8) is 0 Å². The molecule has 2 N–H and O–H groups in total. The van der Waals surface area contributed by atoms with Crippen molar-refractivity contribution in [2.45, 2.75) is 25.2 Å². The lowest BCUT2D eigenvalue weighted by Gasteiger charge is -2.04. The molecule has 1 aromatic carbocycles. The Labute approximate surface area is 88.9 Å². The van der Waals surface area contributed by atoms with Crippen LogP contribution in [-0.4, -0.2) is 11.5 Å². The van der Waals surface area contributed by atoms with Crippen LogP contribution in [0.25, 0.3) is 0 Å². The van der Waals surface area contributed by atoms with E-state index in [1.54, 1.807) is 17.8 Å². The molecule has 0 saturated heterocycles. The third-order valence-corrected chi connectivity index (χ3v) is 3.07. The Hall–Kier alpha value is -0.960. The van der Waals surface area contributed by atoms with E-state index in [1.165, 1.54) is 6.92 Å². The molecule has 0 aliphatic heterocycles. The fourth-order valence-corrected chi connectivity index (χ4v) is 1.99. The number of Topliss-reactive ketones (excluding diaryl/α,β-unsaturated/α-hetero) is 1. The van der Waals surface area contributed by atoms with Crippen molar-refractivity contribution in [2.75, 3.05) is 11.5 Å². The van der Waals surface area contributed by atoms with Gasteiger partial charge in [0.25, 0.3) is 0 Å². The van der Waals surface area contributed by atoms with Crippen molar-refractivity contribution >= 4 is 23.2 Å². The molecule has 76 valence electrons. The summed E-state index contributed by atoms with van der Waals surface area (Å²) in [4.78, 5) is 12.2. The van der Waals surface area contributed by atoms with Gasteiger partial charge in [-0.05, 0) is 37.3 Å². The molecule has 1 aromatic rings. The van der Waals surface area contributed by atoms with E-state index in [0.29, 0.717) is 11.3 Å². The van der Waals surface area contributed by atoms with Crippen molar-refractivity contribution in [2.24, 2.45) is 0 Å². The summed E-state index contributed by atoms with van der Waals surface area (Å²) < 4.78 is 0. The Morgan fingerprint density at radius 3 is 2.71 bits per heavy atom. The first kappa shape index (κ1) is 11.1. The van der Waals surface area contributed by atoms with E-state index >= 15 is 0 Å². The van der Waals surface area contributed by atoms with E-state index in [4.69, 9.17) is 5.73 Å². The van der Waals surface area contributed by atoms with Crippen LogP contribution in [0.5, 0.6) is 0 Å². The normalized spacial score (nSPS) is 10.1. The maximum Gasteiger partial charge on any atom is 0.161 e. The highest BCUT2D eigenvalue weighted by molar-refractivity contribution is 7.99. The lowest BCUT2D eigenvalue weighted by atomic mass is 10.1. The summed E-state index contributed by atoms with van der Waals surface area (Å²) in [6, 6.07) is 5.63. The van der Waals surface area contributed by atoms with Crippen molar-refractivity contribution < 1.29 is 4.79 Å². The van der Waals surface area contributed by atoms with Gasteiger partial charge in [-0.25, -0.2) is 0 Å². The quantitative estimate of drug-likeness (QED) is 0.471. The summed E-state index contributed by atoms with van der Waals surface area (Å²) >= 11 is 1.76. The monoisotopic (exact) mass is 209 g/mol. The number of carbonyl (C=O) groups excluding carboxylic acids is 1. The Kier molecular flexibility index (Phi) is 4.01. The smallest absolute Gasteiger partial charge is 0.161 e. The van der Waals surface area contributed by atoms with Gasteiger partial charge < -0.3 is 5.73 Å². The van der Waals surface area contributed by atoms with Gasteiger partial charge in [0, 0.05) is 16.1 Å². The van der Waals surface area contributed by atoms with Gasteiger partial charge in [-0.1, -0.05) is 6.92 Å². The van der Waals surface area contributed by atoms with E-state index in [1.807, 2.05) is 12.1 Å². The van der Waals surface area contributed by atoms with E-state index in [2.05, 4.69) is 6.92 Å². The third kappa shape index (κ3) is 2.77. The molecule has 2 nitrogen and oxygen atoms in total. The van der Waals surface area contributed by atoms with Crippen LogP contribution < -0.4 is 5.73 Å². The SMILES string of the molecule is CCCSc1ccc(C(C)=O)c(N)c1. The zero-order valence-corrected chi connectivity index (χ0v) is 9.36. The Balaban J connectivity index is 2.83. The van der Waals surface area contributed by atoms with Gasteiger partial charge in [0.05, 0.1) is 0 Å². The summed E-state index contributed by atoms with van der Waals surface area (Å²) in [5, 5.41) is 0. The molecule has 0 spiro atoms. The molecule has 0 heterocycles. The first-order valence-electron chi connectivity index (χ1n) is 4.68. The molecule has 0 radical (unpaired) electrons. The molecule has 0 aliphatic rings. The van der Waals surface area contributed by atoms with Crippen LogP contribution in [-0.2, 0) is 0 Å². The van der Waals surface area contributed by atoms with Crippen molar-refractivity contribution in [3.8, 4) is 0 Å². The lowest BCUT2D eigenvalue weighted by molar-refractivity contribution is 0.101. The fourth-order valence-electron chi connectivity index (χ4n) is 1.17. The van der Waals surface area contributed by atoms with Gasteiger partial charge in [0.1, 0.15) is 0 Å². The summed E-state index contributed by atoms with van der Waals surface area (Å²) in [5.41, 5.74) is 6.96. The molecule has 0 saturated carbocycles. The van der Waals surface area contributed by atoms with Gasteiger partial charge in [-0.15, -0.1) is 11.8 Å². The van der Waals surface area contributed by atoms with Gasteiger partial charge in [-0.3, -0.25) is 4.79 Å². The van der Waals surface area contributed by atoms with E-state index in [0.717, 1.165) is 17.1 Å². The molecular weight excluding hydrogens is 194 g/mol. The highest BCUT2D eigenvalue weighted by Crippen LogP contribution is 2.23. The Bertz CT molecular complexity index is 336. The molecule has 0 bridgehead atoms. The largest absolute Gasteiger partial charge is 0.398 e. The van der Waals surface area contributed by atoms with Gasteiger partial charge in [0.2, 0.25) is 0 Å². The highest BCUT2D eigenvalue weighted by Gasteiger charge is 2.04. The Morgan fingerprint density at radius 2 is 2.21 bits per heavy atom. The predicted molar refractivity (Wildman–Crippen MR) is 61.9 cm³/mol. The van der Waals surface area contributed by atoms with Crippen LogP contribution in [0.1, 0.15) is 30.6 Å². The minimum Gasteiger partial charge on any atom is -0.398 e. The second kappa shape index (κ2) is 5.05. The minimum absolute atomic E-state index is 0.0227. The molecule has 0 unspecified atom stereocenters. The number of hydrogen-bond acceptors (Lipinski definition) is 3. The molecule has 0 aromatic heterocycles. The van der Waals surface area contributed by atoms with Crippen LogP contribution in [0, 0.1) is 0 Å². The zero-order chi connectivity index (χ0) is 10.6. The highest BCUT2D eigenvalue weighted by atomic mass is 32.2. The van der Waals surface area contributed by atoms with Crippen molar-refractivity contribution in [1.82, 2.24) is 0 Å². The van der Waals surface area contributed by atoms with E-state index in [9.17, 15) is 4.79 Å². The minimum atomic E-state index is 0.0227. The topological polar surface area (TPSA) is 43.1 Å². The van der Waals surface area contributed by atoms with E-state index in [-0.39, 0.29) is 5.78 Å². The van der Waals surface area contributed by atoms with Crippen molar-refractivity contribution in [3.05, 3.63) is 23.8 Å². The van der Waals surface area contributed by atoms with Gasteiger partial charge in [0.15, 0.2) is 5.78 Å². The van der Waals surface area contributed by atoms with Crippen LogP contribution in [0.4, 0.5) is 5.69 Å². The molecule has 1 rings (SSSR count). The van der Waals surface area contributed by atoms with Crippen LogP contribution in [0.3, 0.4) is 0 Å². The number of nitrogens with two attached hydrogens (primary N) is 1. The summed E-state index contributed by atoms with van der Waals surface area (Å²) in [6.45, 7) is 3.67. The molecular formula is C11H15NOS. The number of thioether (sulfide) groups is 1. The first-order chi connectivity index (χ1) is 6.65. The predicted octanol–water partition coefficient (Wildman–Crippen LogP) is 2.97. The summed E-state index contributed by atoms with van der Waals surface area (Å²) in [5.74, 6) is 1.10. The zero-order valence-electron chi connectivity index (χ0n) is 8.54. The molecule has 14 heavy (non-hydrogen) atoms. The maximum absolute atomic E-state index is 11.1. The maximum atomic E-state index is 11.1. The average Bonchev–Trinajstić information content (AvgIpc) is 2.14. The number of ketones is 1. The Morgan fingerprint density at radius 1 is 1.50 bits per heavy atom. The first-order valence-corrected chi connectivity index (χ1v) is 5.67. The molecule has 0 fully saturated rings. The number of anilines is 1. The fraction of sp³-hybridized carbons (Fsp3) is 0.364. The molecule has 0 aliphatic carbocycles. The number of rotatable bonds is 4. The standard InChI is InChI=1S/C11H15NOS/c1-3-6-14-9-4-5-10(8(2)13)11(12)7-9/h4-5,7H,3,6,12H2,1-2H3. The number of hydrogen-bond donors (Lipinski definition) is 1. The van der Waals surface area contributed by atoms with Crippen LogP contribution in [0.15, 0.2) is 23.1 Å². The van der Waals surface area contributed by atoms with Crippen molar-refractivity contribution in [1.29, 1.82) is 0 Å². The van der Waals surface area contributed by atoms with Crippen LogP contribution in [0.2, 0.25) is 0 Å². The molecule has 0 atom stereocenters. The number of nitrogen functional groups attached to an aromatic ring is 1. The molecule has 3 heteroatoms. The van der Waals surface area contributed by atoms with E-state index < -0.39 is 0 Å². The number of carbonyl (C=O) groups is 1. The lowest BCUT2D eigenvalue weighted by Crippen LogP contribution is -1.99. The molecule has 0 amide bonds. The van der Waals surface area contributed by atoms with Gasteiger partial charge in [-0.2, -0.15) is 0 Å². The van der Waals surface area contributed by atoms with Gasteiger partial charge >= 0.3 is 0 Å².